The van der Waals surface area contributed by atoms with Crippen LogP contribution in [0.1, 0.15) is 28.4 Å². The van der Waals surface area contributed by atoms with Gasteiger partial charge in [0, 0.05) is 17.5 Å². The van der Waals surface area contributed by atoms with E-state index in [0.29, 0.717) is 12.1 Å². The third kappa shape index (κ3) is 3.16. The number of carboxylic acids is 1. The van der Waals surface area contributed by atoms with Crippen LogP contribution in [0.3, 0.4) is 0 Å². The fourth-order valence-electron chi connectivity index (χ4n) is 1.43. The van der Waals surface area contributed by atoms with Crippen LogP contribution in [0.4, 0.5) is 8.78 Å². The van der Waals surface area contributed by atoms with Gasteiger partial charge in [0.25, 0.3) is 0 Å². The second-order valence-corrected chi connectivity index (χ2v) is 4.03. The Morgan fingerprint density at radius 3 is 2.39 bits per heavy atom. The molecule has 4 nitrogen and oxygen atoms in total. The van der Waals surface area contributed by atoms with Crippen LogP contribution in [0.2, 0.25) is 0 Å². The number of aliphatic hydroxyl groups is 2. The molecule has 2 atom stereocenters. The van der Waals surface area contributed by atoms with E-state index in [1.165, 1.54) is 0 Å². The highest BCUT2D eigenvalue weighted by atomic mass is 35.5. The Kier molecular flexibility index (Phi) is 5.01. The topological polar surface area (TPSA) is 77.8 Å². The van der Waals surface area contributed by atoms with Crippen molar-refractivity contribution >= 4 is 17.6 Å². The summed E-state index contributed by atoms with van der Waals surface area (Å²) in [4.78, 5) is 10.7. The minimum absolute atomic E-state index is 0.0120. The number of hydrogen-bond donors (Lipinski definition) is 3. The minimum atomic E-state index is -1.66. The van der Waals surface area contributed by atoms with Crippen molar-refractivity contribution < 1.29 is 28.9 Å². The smallest absolute Gasteiger partial charge is 0.338 e. The molecule has 0 radical (unpaired) electrons. The van der Waals surface area contributed by atoms with Gasteiger partial charge in [-0.05, 0) is 12.5 Å². The van der Waals surface area contributed by atoms with E-state index in [0.717, 1.165) is 0 Å². The third-order valence-electron chi connectivity index (χ3n) is 2.40. The molecule has 0 aliphatic heterocycles. The first-order chi connectivity index (χ1) is 8.38. The van der Waals surface area contributed by atoms with Crippen molar-refractivity contribution in [3.05, 3.63) is 34.9 Å². The summed E-state index contributed by atoms with van der Waals surface area (Å²) in [6.45, 7) is 0. The molecule has 0 aliphatic carbocycles. The van der Waals surface area contributed by atoms with Crippen LogP contribution in [0.25, 0.3) is 0 Å². The second kappa shape index (κ2) is 6.08. The summed E-state index contributed by atoms with van der Waals surface area (Å²) in [6, 6.07) is 1.02. The fourth-order valence-corrected chi connectivity index (χ4v) is 1.66. The van der Waals surface area contributed by atoms with Crippen molar-refractivity contribution in [2.45, 2.75) is 18.6 Å². The van der Waals surface area contributed by atoms with Crippen LogP contribution < -0.4 is 0 Å². The van der Waals surface area contributed by atoms with Crippen LogP contribution in [0, 0.1) is 11.6 Å². The maximum atomic E-state index is 13.4. The highest BCUT2D eigenvalue weighted by molar-refractivity contribution is 6.17. The Morgan fingerprint density at radius 1 is 1.28 bits per heavy atom. The average Bonchev–Trinajstić information content (AvgIpc) is 2.28. The summed E-state index contributed by atoms with van der Waals surface area (Å²) in [7, 11) is 0. The van der Waals surface area contributed by atoms with Crippen LogP contribution in [-0.2, 0) is 0 Å². The predicted molar refractivity (Wildman–Crippen MR) is 59.6 cm³/mol. The van der Waals surface area contributed by atoms with Crippen LogP contribution >= 0.6 is 11.6 Å². The number of halogens is 3. The molecule has 100 valence electrons. The van der Waals surface area contributed by atoms with Crippen molar-refractivity contribution in [2.75, 3.05) is 5.88 Å². The van der Waals surface area contributed by atoms with E-state index in [2.05, 4.69) is 0 Å². The number of aromatic carboxylic acids is 1. The van der Waals surface area contributed by atoms with E-state index in [1.54, 1.807) is 0 Å². The lowest BCUT2D eigenvalue weighted by Gasteiger charge is -2.18. The van der Waals surface area contributed by atoms with Crippen LogP contribution in [0.5, 0.6) is 0 Å². The van der Waals surface area contributed by atoms with Gasteiger partial charge in [0.05, 0.1) is 11.7 Å². The quantitative estimate of drug-likeness (QED) is 0.717. The summed E-state index contributed by atoms with van der Waals surface area (Å²) in [5.41, 5.74) is -1.25. The lowest BCUT2D eigenvalue weighted by molar-refractivity contribution is 0.0147. The maximum Gasteiger partial charge on any atom is 0.338 e. The number of aliphatic hydroxyl groups excluding tert-OH is 2. The van der Waals surface area contributed by atoms with E-state index in [4.69, 9.17) is 16.7 Å². The molecule has 2 unspecified atom stereocenters. The van der Waals surface area contributed by atoms with E-state index < -0.39 is 40.9 Å². The number of carboxylic acid groups (broad SMARTS) is 1. The molecule has 1 aromatic rings. The third-order valence-corrected chi connectivity index (χ3v) is 2.62. The molecule has 0 amide bonds. The monoisotopic (exact) mass is 280 g/mol. The Hall–Kier alpha value is -1.24. The van der Waals surface area contributed by atoms with Gasteiger partial charge < -0.3 is 15.3 Å². The van der Waals surface area contributed by atoms with Crippen molar-refractivity contribution in [1.29, 1.82) is 0 Å². The summed E-state index contributed by atoms with van der Waals surface area (Å²) < 4.78 is 26.5. The predicted octanol–water partition coefficient (Wildman–Crippen LogP) is 1.69. The van der Waals surface area contributed by atoms with Gasteiger partial charge in [0.1, 0.15) is 17.7 Å². The molecule has 0 aromatic heterocycles. The minimum Gasteiger partial charge on any atom is -0.478 e. The molecular weight excluding hydrogens is 270 g/mol. The highest BCUT2D eigenvalue weighted by Crippen LogP contribution is 2.25. The average molecular weight is 281 g/mol. The van der Waals surface area contributed by atoms with E-state index in [9.17, 15) is 23.8 Å². The molecule has 0 saturated carbocycles. The standard InChI is InChI=1S/C11H11ClF2O4/c12-2-1-9(15)10(16)5-3-6(11(17)18)8(14)4-7(5)13/h3-4,9-10,15-16H,1-2H2,(H,17,18). The molecule has 0 saturated heterocycles. The Bertz CT molecular complexity index is 453. The zero-order valence-corrected chi connectivity index (χ0v) is 9.86. The zero-order chi connectivity index (χ0) is 13.9. The maximum absolute atomic E-state index is 13.4. The van der Waals surface area contributed by atoms with Gasteiger partial charge in [-0.25, -0.2) is 13.6 Å². The molecule has 7 heteroatoms. The molecule has 0 fully saturated rings. The first-order valence-electron chi connectivity index (χ1n) is 5.02. The molecule has 1 rings (SSSR count). The Labute approximate surface area is 106 Å². The van der Waals surface area contributed by atoms with Crippen LogP contribution in [-0.4, -0.2) is 33.3 Å². The van der Waals surface area contributed by atoms with E-state index in [1.807, 2.05) is 0 Å². The summed E-state index contributed by atoms with van der Waals surface area (Å²) in [5.74, 6) is -3.93. The molecular formula is C11H11ClF2O4. The van der Waals surface area contributed by atoms with Crippen molar-refractivity contribution in [2.24, 2.45) is 0 Å². The SMILES string of the molecule is O=C(O)c1cc(C(O)C(O)CCCl)c(F)cc1F. The largest absolute Gasteiger partial charge is 0.478 e. The number of benzene rings is 1. The highest BCUT2D eigenvalue weighted by Gasteiger charge is 2.24. The van der Waals surface area contributed by atoms with Gasteiger partial charge in [-0.2, -0.15) is 0 Å². The Balaban J connectivity index is 3.15. The molecule has 18 heavy (non-hydrogen) atoms. The number of rotatable bonds is 5. The molecule has 0 spiro atoms. The second-order valence-electron chi connectivity index (χ2n) is 3.65. The molecule has 0 aliphatic rings. The molecule has 0 bridgehead atoms. The van der Waals surface area contributed by atoms with Crippen LogP contribution in [0.15, 0.2) is 12.1 Å². The summed E-state index contributed by atoms with van der Waals surface area (Å²) >= 11 is 5.36. The van der Waals surface area contributed by atoms with Crippen molar-refractivity contribution in [1.82, 2.24) is 0 Å². The fraction of sp³-hybridized carbons (Fsp3) is 0.364. The first kappa shape index (κ1) is 14.8. The van der Waals surface area contributed by atoms with Gasteiger partial charge in [-0.15, -0.1) is 11.6 Å². The first-order valence-corrected chi connectivity index (χ1v) is 5.56. The lowest BCUT2D eigenvalue weighted by Crippen LogP contribution is -2.20. The summed E-state index contributed by atoms with van der Waals surface area (Å²) in [5, 5.41) is 27.8. The van der Waals surface area contributed by atoms with E-state index >= 15 is 0 Å². The van der Waals surface area contributed by atoms with Crippen molar-refractivity contribution in [3.63, 3.8) is 0 Å². The number of hydrogen-bond acceptors (Lipinski definition) is 3. The molecule has 1 aromatic carbocycles. The van der Waals surface area contributed by atoms with Gasteiger partial charge in [-0.1, -0.05) is 0 Å². The van der Waals surface area contributed by atoms with Gasteiger partial charge >= 0.3 is 5.97 Å². The van der Waals surface area contributed by atoms with Gasteiger partial charge in [-0.3, -0.25) is 0 Å². The number of alkyl halides is 1. The lowest BCUT2D eigenvalue weighted by atomic mass is 9.99. The normalized spacial score (nSPS) is 14.3. The summed E-state index contributed by atoms with van der Waals surface area (Å²) in [6.07, 6.45) is -3.03. The Morgan fingerprint density at radius 2 is 1.89 bits per heavy atom. The van der Waals surface area contributed by atoms with Gasteiger partial charge in [0.2, 0.25) is 0 Å². The zero-order valence-electron chi connectivity index (χ0n) is 9.11. The number of carbonyl (C=O) groups is 1. The molecule has 3 N–H and O–H groups in total. The van der Waals surface area contributed by atoms with E-state index in [-0.39, 0.29) is 12.3 Å². The molecule has 0 heterocycles. The van der Waals surface area contributed by atoms with Gasteiger partial charge in [0.15, 0.2) is 0 Å². The van der Waals surface area contributed by atoms with Crippen molar-refractivity contribution in [3.8, 4) is 0 Å².